The zero-order valence-electron chi connectivity index (χ0n) is 21.0. The van der Waals surface area contributed by atoms with Crippen molar-refractivity contribution in [2.24, 2.45) is 11.0 Å². The number of para-hydroxylation sites is 1. The summed E-state index contributed by atoms with van der Waals surface area (Å²) in [6, 6.07) is 13.1. The highest BCUT2D eigenvalue weighted by atomic mass is 16.5. The van der Waals surface area contributed by atoms with E-state index in [0.717, 1.165) is 30.5 Å². The summed E-state index contributed by atoms with van der Waals surface area (Å²) in [6.07, 6.45) is 7.60. The van der Waals surface area contributed by atoms with Crippen LogP contribution in [0.5, 0.6) is 5.75 Å². The van der Waals surface area contributed by atoms with Gasteiger partial charge in [0.25, 0.3) is 5.91 Å². The maximum absolute atomic E-state index is 13.4. The van der Waals surface area contributed by atoms with Crippen molar-refractivity contribution in [2.75, 3.05) is 13.7 Å². The van der Waals surface area contributed by atoms with E-state index in [1.54, 1.807) is 42.9 Å². The Kier molecular flexibility index (Phi) is 6.36. The van der Waals surface area contributed by atoms with E-state index >= 15 is 0 Å². The van der Waals surface area contributed by atoms with Gasteiger partial charge in [-0.15, -0.1) is 0 Å². The highest BCUT2D eigenvalue weighted by Gasteiger charge is 2.45. The first-order valence-corrected chi connectivity index (χ1v) is 12.5. The minimum atomic E-state index is -0.973. The van der Waals surface area contributed by atoms with Gasteiger partial charge in [-0.1, -0.05) is 12.1 Å². The minimum Gasteiger partial charge on any atom is -0.493 e. The smallest absolute Gasteiger partial charge is 0.351 e. The van der Waals surface area contributed by atoms with E-state index in [1.807, 2.05) is 18.2 Å². The summed E-state index contributed by atoms with van der Waals surface area (Å²) in [5.74, 6) is 0.0390. The maximum atomic E-state index is 13.4. The monoisotopic (exact) mass is 528 g/mol. The van der Waals surface area contributed by atoms with Crippen molar-refractivity contribution in [3.8, 4) is 5.75 Å². The molecule has 0 spiro atoms. The van der Waals surface area contributed by atoms with Crippen LogP contribution in [0.3, 0.4) is 0 Å². The molecule has 39 heavy (non-hydrogen) atoms. The summed E-state index contributed by atoms with van der Waals surface area (Å²) in [5, 5.41) is 6.49. The van der Waals surface area contributed by atoms with Crippen LogP contribution in [-0.4, -0.2) is 36.3 Å². The second kappa shape index (κ2) is 10.1. The normalized spacial score (nSPS) is 19.7. The molecule has 1 amide bonds. The summed E-state index contributed by atoms with van der Waals surface area (Å²) in [7, 11) is 1.45. The molecule has 0 radical (unpaired) electrons. The van der Waals surface area contributed by atoms with Crippen molar-refractivity contribution < 1.29 is 32.3 Å². The number of esters is 1. The number of hydrogen-bond donors (Lipinski definition) is 0. The number of carbonyl (C=O) groups excluding carboxylic acids is 2. The average Bonchev–Trinajstić information content (AvgIpc) is 3.72. The molecule has 0 bridgehead atoms. The molecular weight excluding hydrogens is 504 g/mol. The number of carbonyl (C=O) groups is 2. The Bertz CT molecular complexity index is 1650. The van der Waals surface area contributed by atoms with Crippen molar-refractivity contribution in [3.05, 3.63) is 94.1 Å². The number of methoxy groups -OCH3 is 1. The summed E-state index contributed by atoms with van der Waals surface area (Å²) in [6.45, 7) is -0.619. The fourth-order valence-corrected chi connectivity index (χ4v) is 5.18. The number of hydrogen-bond acceptors (Lipinski definition) is 9. The maximum Gasteiger partial charge on any atom is 0.351 e. The standard InChI is InChI=1S/C29H24N2O8/c1-35-23-10-3-7-18-15-21(29(34)39-27(18)23)28(33)38-16-24(32)31-26(22-11-5-13-37-22)20-9-2-6-17(25(20)30-31)14-19-8-4-12-36-19/h3-5,7-8,10-15,20,26H,2,6,9,16H2,1H3. The molecule has 1 saturated carbocycles. The molecule has 10 nitrogen and oxygen atoms in total. The molecule has 1 fully saturated rings. The van der Waals surface area contributed by atoms with E-state index in [2.05, 4.69) is 5.10 Å². The number of furan rings is 2. The third-order valence-corrected chi connectivity index (χ3v) is 6.94. The Morgan fingerprint density at radius 3 is 2.74 bits per heavy atom. The van der Waals surface area contributed by atoms with Crippen molar-refractivity contribution >= 4 is 34.6 Å². The molecule has 2 atom stereocenters. The topological polar surface area (TPSA) is 125 Å². The first-order valence-electron chi connectivity index (χ1n) is 12.5. The van der Waals surface area contributed by atoms with Gasteiger partial charge in [0, 0.05) is 11.3 Å². The highest BCUT2D eigenvalue weighted by Crippen LogP contribution is 2.44. The summed E-state index contributed by atoms with van der Waals surface area (Å²) >= 11 is 0. The Balaban J connectivity index is 1.25. The summed E-state index contributed by atoms with van der Waals surface area (Å²) in [4.78, 5) is 38.7. The Labute approximate surface area is 222 Å². The number of fused-ring (bicyclic) bond motifs is 2. The molecule has 2 unspecified atom stereocenters. The van der Waals surface area contributed by atoms with Crippen molar-refractivity contribution in [1.29, 1.82) is 0 Å². The summed E-state index contributed by atoms with van der Waals surface area (Å²) in [5.41, 5.74) is 0.763. The molecule has 1 aromatic carbocycles. The van der Waals surface area contributed by atoms with Crippen LogP contribution < -0.4 is 10.4 Å². The lowest BCUT2D eigenvalue weighted by Crippen LogP contribution is -2.34. The van der Waals surface area contributed by atoms with Gasteiger partial charge in [-0.2, -0.15) is 5.10 Å². The van der Waals surface area contributed by atoms with Crippen LogP contribution in [0.1, 0.15) is 47.2 Å². The first kappa shape index (κ1) is 24.5. The predicted octanol–water partition coefficient (Wildman–Crippen LogP) is 4.97. The van der Waals surface area contributed by atoms with Crippen LogP contribution in [-0.2, 0) is 9.53 Å². The predicted molar refractivity (Wildman–Crippen MR) is 139 cm³/mol. The van der Waals surface area contributed by atoms with E-state index in [0.29, 0.717) is 22.7 Å². The number of ether oxygens (including phenoxy) is 2. The zero-order valence-corrected chi connectivity index (χ0v) is 21.0. The molecule has 198 valence electrons. The molecule has 10 heteroatoms. The first-order chi connectivity index (χ1) is 19.0. The lowest BCUT2D eigenvalue weighted by Gasteiger charge is -2.27. The van der Waals surface area contributed by atoms with E-state index in [9.17, 15) is 14.4 Å². The largest absolute Gasteiger partial charge is 0.493 e. The fraction of sp³-hybridized carbons (Fsp3) is 0.241. The molecule has 0 saturated heterocycles. The molecule has 3 aromatic heterocycles. The number of allylic oxidation sites excluding steroid dienone is 1. The van der Waals surface area contributed by atoms with Gasteiger partial charge in [0.15, 0.2) is 17.9 Å². The van der Waals surface area contributed by atoms with Crippen LogP contribution in [0.25, 0.3) is 17.0 Å². The fourth-order valence-electron chi connectivity index (χ4n) is 5.18. The van der Waals surface area contributed by atoms with Gasteiger partial charge in [-0.25, -0.2) is 14.6 Å². The van der Waals surface area contributed by atoms with Gasteiger partial charge >= 0.3 is 11.6 Å². The highest BCUT2D eigenvalue weighted by molar-refractivity contribution is 6.08. The third-order valence-electron chi connectivity index (χ3n) is 6.94. The molecule has 1 aliphatic heterocycles. The zero-order chi connectivity index (χ0) is 26.9. The molecule has 1 aliphatic carbocycles. The molecule has 0 N–H and O–H groups in total. The third kappa shape index (κ3) is 4.54. The van der Waals surface area contributed by atoms with Gasteiger partial charge < -0.3 is 22.7 Å². The van der Waals surface area contributed by atoms with Crippen molar-refractivity contribution in [3.63, 3.8) is 0 Å². The second-order valence-electron chi connectivity index (χ2n) is 9.27. The quantitative estimate of drug-likeness (QED) is 0.254. The van der Waals surface area contributed by atoms with Crippen LogP contribution in [0, 0.1) is 5.92 Å². The van der Waals surface area contributed by atoms with Crippen LogP contribution in [0.2, 0.25) is 0 Å². The molecular formula is C29H24N2O8. The van der Waals surface area contributed by atoms with Crippen molar-refractivity contribution in [1.82, 2.24) is 5.01 Å². The minimum absolute atomic E-state index is 0.0896. The average molecular weight is 529 g/mol. The van der Waals surface area contributed by atoms with E-state index < -0.39 is 30.2 Å². The number of hydrazone groups is 1. The Morgan fingerprint density at radius 1 is 1.13 bits per heavy atom. The van der Waals surface area contributed by atoms with Crippen LogP contribution >= 0.6 is 0 Å². The van der Waals surface area contributed by atoms with Gasteiger partial charge in [-0.3, -0.25) is 4.79 Å². The summed E-state index contributed by atoms with van der Waals surface area (Å²) < 4.78 is 26.9. The number of rotatable bonds is 6. The lowest BCUT2D eigenvalue weighted by atomic mass is 9.79. The van der Waals surface area contributed by atoms with Crippen molar-refractivity contribution in [2.45, 2.75) is 25.3 Å². The van der Waals surface area contributed by atoms with Gasteiger partial charge in [0.1, 0.15) is 23.1 Å². The van der Waals surface area contributed by atoms with E-state index in [1.165, 1.54) is 18.2 Å². The van der Waals surface area contributed by atoms with Gasteiger partial charge in [0.05, 0.1) is 25.3 Å². The molecule has 6 rings (SSSR count). The van der Waals surface area contributed by atoms with E-state index in [-0.39, 0.29) is 17.1 Å². The molecule has 2 aliphatic rings. The van der Waals surface area contributed by atoms with Gasteiger partial charge in [0.2, 0.25) is 0 Å². The number of nitrogens with zero attached hydrogens (tertiary/aromatic N) is 2. The molecule has 4 aromatic rings. The Hall–Kier alpha value is -4.86. The van der Waals surface area contributed by atoms with Gasteiger partial charge in [-0.05, 0) is 67.3 Å². The Morgan fingerprint density at radius 2 is 1.97 bits per heavy atom. The number of benzene rings is 1. The second-order valence-corrected chi connectivity index (χ2v) is 9.27. The number of amides is 1. The molecule has 4 heterocycles. The SMILES string of the molecule is COc1cccc2cc(C(=O)OCC(=O)N3N=C4C(=Cc5ccco5)CCCC4C3c3ccco3)c(=O)oc12. The van der Waals surface area contributed by atoms with E-state index in [4.69, 9.17) is 22.7 Å². The lowest BCUT2D eigenvalue weighted by molar-refractivity contribution is -0.137. The van der Waals surface area contributed by atoms with Crippen LogP contribution in [0.15, 0.2) is 89.8 Å². The van der Waals surface area contributed by atoms with Crippen LogP contribution in [0.4, 0.5) is 0 Å².